The molecule has 1 N–H and O–H groups in total. The average molecular weight is 381 g/mol. The lowest BCUT2D eigenvalue weighted by molar-refractivity contribution is -0.121. The van der Waals surface area contributed by atoms with Crippen LogP contribution in [-0.2, 0) is 11.2 Å². The van der Waals surface area contributed by atoms with Gasteiger partial charge in [-0.1, -0.05) is 43.3 Å². The van der Waals surface area contributed by atoms with Gasteiger partial charge in [-0.2, -0.15) is 0 Å². The van der Waals surface area contributed by atoms with Gasteiger partial charge in [0, 0.05) is 51.5 Å². The van der Waals surface area contributed by atoms with Crippen LogP contribution >= 0.6 is 0 Å². The standard InChI is InChI=1S/C23H32N4O/c1-2-26-14-16-27(17-15-26)22(21-10-4-3-5-11-21)19-25-23(28)12-6-8-20-9-7-13-24-18-20/h3-5,7,9-11,13,18,22H,2,6,8,12,14-17,19H2,1H3,(H,25,28). The van der Waals surface area contributed by atoms with Crippen molar-refractivity contribution in [2.45, 2.75) is 32.2 Å². The highest BCUT2D eigenvalue weighted by molar-refractivity contribution is 5.75. The number of aryl methyl sites for hydroxylation is 1. The van der Waals surface area contributed by atoms with Crippen molar-refractivity contribution in [2.75, 3.05) is 39.3 Å². The smallest absolute Gasteiger partial charge is 0.220 e. The maximum atomic E-state index is 12.4. The summed E-state index contributed by atoms with van der Waals surface area (Å²) in [5.41, 5.74) is 2.47. The first-order chi connectivity index (χ1) is 13.8. The topological polar surface area (TPSA) is 48.5 Å². The number of hydrogen-bond acceptors (Lipinski definition) is 4. The molecule has 1 aromatic carbocycles. The second kappa shape index (κ2) is 10.9. The molecule has 0 saturated carbocycles. The fourth-order valence-electron chi connectivity index (χ4n) is 3.82. The van der Waals surface area contributed by atoms with Gasteiger partial charge < -0.3 is 10.2 Å². The lowest BCUT2D eigenvalue weighted by atomic mass is 10.0. The van der Waals surface area contributed by atoms with Crippen LogP contribution in [0, 0.1) is 0 Å². The molecule has 1 fully saturated rings. The summed E-state index contributed by atoms with van der Waals surface area (Å²) in [5.74, 6) is 0.136. The summed E-state index contributed by atoms with van der Waals surface area (Å²) < 4.78 is 0. The zero-order valence-corrected chi connectivity index (χ0v) is 16.9. The molecule has 1 aliphatic heterocycles. The molecule has 0 bridgehead atoms. The first-order valence-electron chi connectivity index (χ1n) is 10.4. The highest BCUT2D eigenvalue weighted by Crippen LogP contribution is 2.21. The Kier molecular flexibility index (Phi) is 8.00. The quantitative estimate of drug-likeness (QED) is 0.727. The summed E-state index contributed by atoms with van der Waals surface area (Å²) in [7, 11) is 0. The third-order valence-corrected chi connectivity index (χ3v) is 5.56. The number of likely N-dealkylation sites (N-methyl/N-ethyl adjacent to an activating group) is 1. The molecule has 1 saturated heterocycles. The fourth-order valence-corrected chi connectivity index (χ4v) is 3.82. The number of piperazine rings is 1. The lowest BCUT2D eigenvalue weighted by Gasteiger charge is -2.39. The van der Waals surface area contributed by atoms with Crippen molar-refractivity contribution in [3.63, 3.8) is 0 Å². The van der Waals surface area contributed by atoms with Crippen LogP contribution in [0.1, 0.15) is 36.9 Å². The molecule has 0 aliphatic carbocycles. The molecule has 0 spiro atoms. The number of aromatic nitrogens is 1. The summed E-state index contributed by atoms with van der Waals surface area (Å²) in [5, 5.41) is 3.18. The molecule has 28 heavy (non-hydrogen) atoms. The summed E-state index contributed by atoms with van der Waals surface area (Å²) in [6, 6.07) is 14.8. The van der Waals surface area contributed by atoms with Crippen molar-refractivity contribution >= 4 is 5.91 Å². The van der Waals surface area contributed by atoms with E-state index in [1.54, 1.807) is 6.20 Å². The Labute approximate surface area is 168 Å². The third-order valence-electron chi connectivity index (χ3n) is 5.56. The summed E-state index contributed by atoms with van der Waals surface area (Å²) >= 11 is 0. The number of hydrogen-bond donors (Lipinski definition) is 1. The van der Waals surface area contributed by atoms with E-state index in [0.29, 0.717) is 13.0 Å². The number of nitrogens with one attached hydrogen (secondary N) is 1. The number of amides is 1. The Bertz CT molecular complexity index is 699. The zero-order chi connectivity index (χ0) is 19.6. The molecule has 5 heteroatoms. The van der Waals surface area contributed by atoms with E-state index in [4.69, 9.17) is 0 Å². The SMILES string of the molecule is CCN1CCN(C(CNC(=O)CCCc2cccnc2)c2ccccc2)CC1. The van der Waals surface area contributed by atoms with Gasteiger partial charge in [0.05, 0.1) is 6.04 Å². The molecule has 150 valence electrons. The van der Waals surface area contributed by atoms with Gasteiger partial charge in [-0.15, -0.1) is 0 Å². The van der Waals surface area contributed by atoms with E-state index in [2.05, 4.69) is 57.4 Å². The number of nitrogens with zero attached hydrogens (tertiary/aromatic N) is 3. The third kappa shape index (κ3) is 6.14. The Morgan fingerprint density at radius 3 is 2.57 bits per heavy atom. The monoisotopic (exact) mass is 380 g/mol. The van der Waals surface area contributed by atoms with Crippen LogP contribution in [0.5, 0.6) is 0 Å². The summed E-state index contributed by atoms with van der Waals surface area (Å²) in [6.45, 7) is 8.28. The van der Waals surface area contributed by atoms with E-state index in [1.807, 2.05) is 18.3 Å². The molecule has 3 rings (SSSR count). The number of carbonyl (C=O) groups excluding carboxylic acids is 1. The fraction of sp³-hybridized carbons (Fsp3) is 0.478. The van der Waals surface area contributed by atoms with Crippen molar-refractivity contribution in [3.8, 4) is 0 Å². The van der Waals surface area contributed by atoms with Crippen LogP contribution in [0.3, 0.4) is 0 Å². The van der Waals surface area contributed by atoms with Crippen molar-refractivity contribution < 1.29 is 4.79 Å². The van der Waals surface area contributed by atoms with E-state index >= 15 is 0 Å². The van der Waals surface area contributed by atoms with Crippen molar-refractivity contribution in [1.29, 1.82) is 0 Å². The zero-order valence-electron chi connectivity index (χ0n) is 16.9. The molecule has 5 nitrogen and oxygen atoms in total. The van der Waals surface area contributed by atoms with Gasteiger partial charge in [-0.3, -0.25) is 14.7 Å². The molecule has 1 unspecified atom stereocenters. The summed E-state index contributed by atoms with van der Waals surface area (Å²) in [4.78, 5) is 21.5. The Hall–Kier alpha value is -2.24. The van der Waals surface area contributed by atoms with Crippen LogP contribution in [0.2, 0.25) is 0 Å². The van der Waals surface area contributed by atoms with Gasteiger partial charge in [0.1, 0.15) is 0 Å². The molecule has 1 aromatic heterocycles. The minimum absolute atomic E-state index is 0.136. The minimum Gasteiger partial charge on any atom is -0.354 e. The molecule has 1 atom stereocenters. The number of benzene rings is 1. The van der Waals surface area contributed by atoms with E-state index < -0.39 is 0 Å². The normalized spacial score (nSPS) is 16.6. The van der Waals surface area contributed by atoms with E-state index in [0.717, 1.165) is 45.6 Å². The molecular formula is C23H32N4O. The first-order valence-corrected chi connectivity index (χ1v) is 10.4. The molecule has 1 amide bonds. The Morgan fingerprint density at radius 1 is 1.11 bits per heavy atom. The second-order valence-electron chi connectivity index (χ2n) is 7.42. The first kappa shape index (κ1) is 20.5. The van der Waals surface area contributed by atoms with Crippen LogP contribution in [0.4, 0.5) is 0 Å². The van der Waals surface area contributed by atoms with Crippen LogP contribution in [0.25, 0.3) is 0 Å². The van der Waals surface area contributed by atoms with Gasteiger partial charge >= 0.3 is 0 Å². The maximum Gasteiger partial charge on any atom is 0.220 e. The highest BCUT2D eigenvalue weighted by atomic mass is 16.1. The van der Waals surface area contributed by atoms with E-state index in [9.17, 15) is 4.79 Å². The van der Waals surface area contributed by atoms with Gasteiger partial charge in [0.15, 0.2) is 0 Å². The van der Waals surface area contributed by atoms with E-state index in [1.165, 1.54) is 11.1 Å². The average Bonchev–Trinajstić information content (AvgIpc) is 2.76. The lowest BCUT2D eigenvalue weighted by Crippen LogP contribution is -2.49. The van der Waals surface area contributed by atoms with Crippen molar-refractivity contribution in [2.24, 2.45) is 0 Å². The predicted octanol–water partition coefficient (Wildman–Crippen LogP) is 2.90. The molecule has 1 aliphatic rings. The van der Waals surface area contributed by atoms with E-state index in [-0.39, 0.29) is 11.9 Å². The summed E-state index contributed by atoms with van der Waals surface area (Å²) in [6.07, 6.45) is 5.95. The van der Waals surface area contributed by atoms with Crippen LogP contribution in [0.15, 0.2) is 54.9 Å². The highest BCUT2D eigenvalue weighted by Gasteiger charge is 2.24. The molecular weight excluding hydrogens is 348 g/mol. The number of pyridine rings is 1. The van der Waals surface area contributed by atoms with Crippen molar-refractivity contribution in [1.82, 2.24) is 20.1 Å². The van der Waals surface area contributed by atoms with Crippen molar-refractivity contribution in [3.05, 3.63) is 66.0 Å². The molecule has 2 aromatic rings. The second-order valence-corrected chi connectivity index (χ2v) is 7.42. The Balaban J connectivity index is 1.50. The van der Waals surface area contributed by atoms with Gasteiger partial charge in [0.2, 0.25) is 5.91 Å². The van der Waals surface area contributed by atoms with Crippen LogP contribution < -0.4 is 5.32 Å². The molecule has 0 radical (unpaired) electrons. The maximum absolute atomic E-state index is 12.4. The Morgan fingerprint density at radius 2 is 1.89 bits per heavy atom. The number of carbonyl (C=O) groups is 1. The molecule has 2 heterocycles. The van der Waals surface area contributed by atoms with Gasteiger partial charge in [-0.05, 0) is 36.6 Å². The van der Waals surface area contributed by atoms with Crippen LogP contribution in [-0.4, -0.2) is 60.0 Å². The van der Waals surface area contributed by atoms with Gasteiger partial charge in [0.25, 0.3) is 0 Å². The largest absolute Gasteiger partial charge is 0.354 e. The number of rotatable bonds is 9. The minimum atomic E-state index is 0.136. The van der Waals surface area contributed by atoms with Gasteiger partial charge in [-0.25, -0.2) is 0 Å². The predicted molar refractivity (Wildman–Crippen MR) is 113 cm³/mol.